The number of carboxylic acid groups (broad SMARTS) is 3. The molecule has 450 valence electrons. The lowest BCUT2D eigenvalue weighted by molar-refractivity contribution is -0.179. The van der Waals surface area contributed by atoms with Crippen LogP contribution in [0.4, 0.5) is 0 Å². The molecule has 1 spiro atoms. The Hall–Kier alpha value is -5.84. The highest BCUT2D eigenvalue weighted by Crippen LogP contribution is 2.56. The second kappa shape index (κ2) is 31.2. The Morgan fingerprint density at radius 3 is 1.54 bits per heavy atom. The molecule has 6 atom stereocenters. The number of ether oxygens (including phenoxy) is 7. The molecule has 0 saturated carbocycles. The molecule has 0 amide bonds. The number of nitrogens with zero attached hydrogens (tertiary/aromatic N) is 1. The largest absolute Gasteiger partial charge is 0.497 e. The molecule has 1 saturated heterocycles. The molecule has 0 radical (unpaired) electrons. The predicted molar refractivity (Wildman–Crippen MR) is 288 cm³/mol. The first kappa shape index (κ1) is 71.2. The summed E-state index contributed by atoms with van der Waals surface area (Å²) in [7, 11) is 5.24. The molecule has 1 aromatic carbocycles. The first-order valence-electron chi connectivity index (χ1n) is 26.6. The van der Waals surface area contributed by atoms with Gasteiger partial charge in [0, 0.05) is 13.0 Å². The molecule has 22 nitrogen and oxygen atoms in total. The van der Waals surface area contributed by atoms with Crippen LogP contribution in [0.25, 0.3) is 0 Å². The molecule has 22 heteroatoms. The zero-order valence-corrected chi connectivity index (χ0v) is 49.3. The molecule has 6 unspecified atom stereocenters. The minimum atomic E-state index is -2.14. The number of methoxy groups -OCH3 is 4. The smallest absolute Gasteiger partial charge is 0.339 e. The highest BCUT2D eigenvalue weighted by molar-refractivity contribution is 5.95. The summed E-state index contributed by atoms with van der Waals surface area (Å²) in [5.74, 6) is -5.06. The summed E-state index contributed by atoms with van der Waals surface area (Å²) in [6, 6.07) is 4.04. The second-order valence-electron chi connectivity index (χ2n) is 23.8. The number of aliphatic carboxylic acids is 3. The van der Waals surface area contributed by atoms with Crippen LogP contribution in [0.1, 0.15) is 164 Å². The lowest BCUT2D eigenvalue weighted by Crippen LogP contribution is -2.49. The van der Waals surface area contributed by atoms with E-state index >= 15 is 0 Å². The predicted octanol–water partition coefficient (Wildman–Crippen LogP) is 6.64. The maximum absolute atomic E-state index is 13.6. The normalized spacial score (nSPS) is 20.0. The van der Waals surface area contributed by atoms with Gasteiger partial charge in [0.25, 0.3) is 0 Å². The molecule has 6 N–H and O–H groups in total. The molecule has 3 heterocycles. The molecule has 0 bridgehead atoms. The number of hydrogen-bond donors (Lipinski definition) is 6. The Labute approximate surface area is 465 Å². The topological polar surface area (TPSA) is 326 Å². The number of aliphatic hydroxyl groups is 3. The van der Waals surface area contributed by atoms with Crippen molar-refractivity contribution in [1.29, 1.82) is 0 Å². The van der Waals surface area contributed by atoms with Gasteiger partial charge in [-0.15, -0.1) is 0 Å². The fourth-order valence-corrected chi connectivity index (χ4v) is 9.68. The maximum atomic E-state index is 13.6. The third-order valence-corrected chi connectivity index (χ3v) is 12.6. The Bertz CT molecular complexity index is 2260. The van der Waals surface area contributed by atoms with Gasteiger partial charge < -0.3 is 63.8 Å². The van der Waals surface area contributed by atoms with Gasteiger partial charge in [0.1, 0.15) is 18.0 Å². The first-order valence-corrected chi connectivity index (χ1v) is 26.6. The van der Waals surface area contributed by atoms with E-state index in [1.807, 2.05) is 39.8 Å². The van der Waals surface area contributed by atoms with E-state index in [2.05, 4.69) is 48.1 Å². The van der Waals surface area contributed by atoms with E-state index in [0.717, 1.165) is 56.3 Å². The third kappa shape index (κ3) is 22.7. The Kier molecular flexibility index (Phi) is 28.1. The molecular weight excluding hydrogens is 1030 g/mol. The molecule has 79 heavy (non-hydrogen) atoms. The average molecular weight is 1130 g/mol. The fourth-order valence-electron chi connectivity index (χ4n) is 9.68. The number of carbonyl (C=O) groups excluding carboxylic acids is 5. The van der Waals surface area contributed by atoms with Crippen molar-refractivity contribution in [1.82, 2.24) is 4.90 Å². The zero-order chi connectivity index (χ0) is 61.0. The molecule has 0 aromatic heterocycles. The molecule has 1 fully saturated rings. The molecule has 5 rings (SSSR count). The average Bonchev–Trinajstić information content (AvgIpc) is 4.00. The van der Waals surface area contributed by atoms with Crippen LogP contribution in [-0.2, 0) is 68.5 Å². The van der Waals surface area contributed by atoms with E-state index in [-0.39, 0.29) is 67.5 Å². The van der Waals surface area contributed by atoms with E-state index in [9.17, 15) is 53.7 Å². The summed E-state index contributed by atoms with van der Waals surface area (Å²) in [4.78, 5) is 92.1. The van der Waals surface area contributed by atoms with Gasteiger partial charge in [-0.3, -0.25) is 28.9 Å². The number of esters is 4. The van der Waals surface area contributed by atoms with Crippen molar-refractivity contribution in [2.75, 3.05) is 48.3 Å². The number of ketones is 1. The van der Waals surface area contributed by atoms with Gasteiger partial charge in [-0.2, -0.15) is 0 Å². The molecular formula is C57H91NO21. The van der Waals surface area contributed by atoms with E-state index in [1.165, 1.54) is 14.2 Å². The summed E-state index contributed by atoms with van der Waals surface area (Å²) in [6.45, 7) is 25.3. The summed E-state index contributed by atoms with van der Waals surface area (Å²) in [5, 5.41) is 56.2. The number of rotatable bonds is 21. The second-order valence-corrected chi connectivity index (χ2v) is 23.8. The Balaban J connectivity index is 0.000000598. The number of carboxylic acids is 3. The fraction of sp³-hybridized carbons (Fsp3) is 0.719. The van der Waals surface area contributed by atoms with Crippen LogP contribution in [0.3, 0.4) is 0 Å². The van der Waals surface area contributed by atoms with Crippen LogP contribution in [0, 0.1) is 29.1 Å². The van der Waals surface area contributed by atoms with Crippen molar-refractivity contribution in [2.45, 2.75) is 188 Å². The lowest BCUT2D eigenvalue weighted by Gasteiger charge is -2.39. The number of Topliss-reactive ketones (excluding diaryl/α,β-unsaturated/α-hetero) is 1. The maximum Gasteiger partial charge on any atom is 0.339 e. The number of carbonyl (C=O) groups is 8. The van der Waals surface area contributed by atoms with Crippen LogP contribution in [-0.4, -0.2) is 160 Å². The molecule has 1 aromatic rings. The summed E-state index contributed by atoms with van der Waals surface area (Å²) < 4.78 is 36.7. The minimum absolute atomic E-state index is 0.0132. The van der Waals surface area contributed by atoms with Crippen LogP contribution < -0.4 is 9.47 Å². The minimum Gasteiger partial charge on any atom is -0.497 e. The van der Waals surface area contributed by atoms with Crippen LogP contribution in [0.5, 0.6) is 11.5 Å². The third-order valence-electron chi connectivity index (χ3n) is 12.6. The van der Waals surface area contributed by atoms with Crippen LogP contribution in [0.15, 0.2) is 24.0 Å². The van der Waals surface area contributed by atoms with Crippen molar-refractivity contribution in [2.24, 2.45) is 29.1 Å². The van der Waals surface area contributed by atoms with Gasteiger partial charge in [-0.1, -0.05) is 83.1 Å². The zero-order valence-electron chi connectivity index (χ0n) is 49.3. The van der Waals surface area contributed by atoms with Gasteiger partial charge in [0.15, 0.2) is 34.4 Å². The van der Waals surface area contributed by atoms with Gasteiger partial charge in [-0.05, 0) is 103 Å². The molecule has 1 aliphatic carbocycles. The van der Waals surface area contributed by atoms with E-state index in [4.69, 9.17) is 39.0 Å². The van der Waals surface area contributed by atoms with E-state index in [1.54, 1.807) is 34.8 Å². The Morgan fingerprint density at radius 2 is 1.11 bits per heavy atom. The van der Waals surface area contributed by atoms with Gasteiger partial charge >= 0.3 is 41.8 Å². The molecule has 4 aliphatic rings. The SMILES string of the molecule is CC(C)(C)C.CC(C)CC(O)(CC(=O)O)C(=O)O.COC(=O)CC(=O)CC(C)C.COC(=O)CC(O)(CC(C)C)C(=O)O.COC(=O)CC(O)(CC(C)C)C(=O)OC1C(OC)=CC23CCCN2CCc2cc4c(cc2C13)OCO4. The summed E-state index contributed by atoms with van der Waals surface area (Å²) in [6.07, 6.45) is 2.72. The lowest BCUT2D eigenvalue weighted by atomic mass is 9.77. The van der Waals surface area contributed by atoms with Crippen LogP contribution >= 0.6 is 0 Å². The van der Waals surface area contributed by atoms with Gasteiger partial charge in [0.05, 0.1) is 59.2 Å². The first-order chi connectivity index (χ1) is 36.4. The standard InChI is InChI=1S/C27H35NO8.C9H16O5.C8H14O5.C8H14O3.C5H12/c1-16(2)12-27(31,14-22(29)33-4)25(30)36-24-21(32-3)13-26-7-5-8-28(26)9-6-17-10-19-20(35-15-34-19)11-18(17)23(24)26;1-6(2)4-9(13,8(11)12)5-7(10)14-3;1-5(2)3-8(13,7(11)12)4-6(9)10;1-6(2)4-7(9)5-8(10)11-3;1-5(2,3)4/h10-11,13,16,23-24,31H,5-9,12,14-15H2,1-4H3;6,13H,4-5H2,1-3H3,(H,11,12);5,13H,3-4H2,1-2H3,(H,9,10)(H,11,12);6H,4-5H2,1-3H3;1-4H3. The summed E-state index contributed by atoms with van der Waals surface area (Å²) >= 11 is 0. The Morgan fingerprint density at radius 1 is 0.658 bits per heavy atom. The number of hydrogen-bond acceptors (Lipinski definition) is 19. The molecule has 3 aliphatic heterocycles. The number of fused-ring (bicyclic) bond motifs is 3. The highest BCUT2D eigenvalue weighted by Gasteiger charge is 2.59. The van der Waals surface area contributed by atoms with E-state index in [0.29, 0.717) is 29.3 Å². The van der Waals surface area contributed by atoms with Crippen molar-refractivity contribution in [3.63, 3.8) is 0 Å². The summed E-state index contributed by atoms with van der Waals surface area (Å²) in [5.41, 5.74) is -3.88. The van der Waals surface area contributed by atoms with Crippen molar-refractivity contribution < 1.29 is 102 Å². The number of benzene rings is 1. The highest BCUT2D eigenvalue weighted by atomic mass is 16.7. The van der Waals surface area contributed by atoms with Crippen LogP contribution in [0.2, 0.25) is 0 Å². The monoisotopic (exact) mass is 1130 g/mol. The van der Waals surface area contributed by atoms with Crippen molar-refractivity contribution >= 4 is 47.6 Å². The van der Waals surface area contributed by atoms with E-state index < -0.39 is 84.0 Å². The van der Waals surface area contributed by atoms with Gasteiger partial charge in [-0.25, -0.2) is 14.4 Å². The van der Waals surface area contributed by atoms with Gasteiger partial charge in [0.2, 0.25) is 6.79 Å². The van der Waals surface area contributed by atoms with Crippen molar-refractivity contribution in [3.8, 4) is 11.5 Å². The van der Waals surface area contributed by atoms with Crippen molar-refractivity contribution in [3.05, 3.63) is 35.1 Å². The quantitative estimate of drug-likeness (QED) is 0.0427.